The van der Waals surface area contributed by atoms with Crippen LogP contribution in [0.15, 0.2) is 76.7 Å². The van der Waals surface area contributed by atoms with Crippen molar-refractivity contribution in [2.45, 2.75) is 25.2 Å². The number of carbonyl (C=O) groups excluding carboxylic acids is 2. The third-order valence-corrected chi connectivity index (χ3v) is 4.96. The van der Waals surface area contributed by atoms with E-state index in [2.05, 4.69) is 48.5 Å². The molecule has 0 saturated carbocycles. The van der Waals surface area contributed by atoms with Crippen molar-refractivity contribution in [1.82, 2.24) is 5.16 Å². The molecule has 2 amide bonds. The molecule has 10 nitrogen and oxygen atoms in total. The Kier molecular flexibility index (Phi) is 15.3. The van der Waals surface area contributed by atoms with E-state index in [1.54, 1.807) is 24.3 Å². The molecular weight excluding hydrogens is 512 g/mol. The van der Waals surface area contributed by atoms with Crippen molar-refractivity contribution in [3.05, 3.63) is 73.0 Å². The lowest BCUT2D eigenvalue weighted by molar-refractivity contribution is 0.266. The standard InChI is InChI=1S/C19H18N2O3S.2CH3NOS.CH4.H2O/c1-3-13(2)19-17(15-11-7-8-12-16(15)25(20,22)23)18(21-24-19)14-9-5-4-6-10-14;2*2-1(3)4;;/h3-13H,1H2,2H3,(H2,20,22,23);2*(H3,2,3,4);1H4;1H2. The zero-order valence-electron chi connectivity index (χ0n) is 18.1. The maximum atomic E-state index is 12.1. The van der Waals surface area contributed by atoms with Crippen molar-refractivity contribution < 1.29 is 28.0 Å². The molecule has 1 unspecified atom stereocenters. The summed E-state index contributed by atoms with van der Waals surface area (Å²) in [5.41, 5.74) is 11.2. The highest BCUT2D eigenvalue weighted by Crippen LogP contribution is 2.40. The number of nitrogens with two attached hydrogens (primary N) is 3. The second-order valence-electron chi connectivity index (χ2n) is 6.38. The number of primary sulfonamides is 1. The van der Waals surface area contributed by atoms with Crippen molar-refractivity contribution in [2.24, 2.45) is 16.6 Å². The lowest BCUT2D eigenvalue weighted by Gasteiger charge is -2.11. The van der Waals surface area contributed by atoms with Gasteiger partial charge in [0.25, 0.3) is 10.5 Å². The minimum Gasteiger partial charge on any atom is -0.412 e. The number of carbonyl (C=O) groups is 2. The van der Waals surface area contributed by atoms with Gasteiger partial charge in [0, 0.05) is 17.0 Å². The molecule has 3 aromatic rings. The number of benzene rings is 2. The summed E-state index contributed by atoms with van der Waals surface area (Å²) in [4.78, 5) is 18.2. The van der Waals surface area contributed by atoms with Crippen molar-refractivity contribution in [3.63, 3.8) is 0 Å². The van der Waals surface area contributed by atoms with E-state index in [0.29, 0.717) is 22.6 Å². The van der Waals surface area contributed by atoms with Crippen molar-refractivity contribution in [1.29, 1.82) is 0 Å². The molecule has 0 bridgehead atoms. The van der Waals surface area contributed by atoms with Gasteiger partial charge in [-0.15, -0.1) is 6.58 Å². The molecule has 1 aromatic heterocycles. The molecular formula is C22H30N4O6S3. The maximum Gasteiger partial charge on any atom is 0.273 e. The van der Waals surface area contributed by atoms with Crippen LogP contribution in [-0.4, -0.2) is 29.5 Å². The van der Waals surface area contributed by atoms with Crippen LogP contribution >= 0.6 is 25.3 Å². The summed E-state index contributed by atoms with van der Waals surface area (Å²) in [5, 5.41) is 8.33. The van der Waals surface area contributed by atoms with Gasteiger partial charge in [0.15, 0.2) is 5.76 Å². The summed E-state index contributed by atoms with van der Waals surface area (Å²) in [7, 11) is -3.90. The molecule has 0 spiro atoms. The Balaban J connectivity index is 0. The van der Waals surface area contributed by atoms with Gasteiger partial charge in [0.1, 0.15) is 5.69 Å². The summed E-state index contributed by atoms with van der Waals surface area (Å²) >= 11 is 6.21. The Morgan fingerprint density at radius 1 is 1.03 bits per heavy atom. The summed E-state index contributed by atoms with van der Waals surface area (Å²) in [6, 6.07) is 16.0. The van der Waals surface area contributed by atoms with Gasteiger partial charge in [-0.1, -0.05) is 99.4 Å². The molecule has 1 atom stereocenters. The molecule has 8 N–H and O–H groups in total. The third kappa shape index (κ3) is 10.8. The zero-order valence-corrected chi connectivity index (χ0v) is 20.7. The minimum absolute atomic E-state index is 0. The van der Waals surface area contributed by atoms with Crippen LogP contribution in [0.25, 0.3) is 22.4 Å². The molecule has 0 aliphatic rings. The van der Waals surface area contributed by atoms with Gasteiger partial charge in [-0.25, -0.2) is 13.6 Å². The van der Waals surface area contributed by atoms with Gasteiger partial charge >= 0.3 is 0 Å². The summed E-state index contributed by atoms with van der Waals surface area (Å²) < 4.78 is 29.7. The average molecular weight is 543 g/mol. The lowest BCUT2D eigenvalue weighted by Crippen LogP contribution is -2.13. The lowest BCUT2D eigenvalue weighted by atomic mass is 9.94. The SMILES string of the molecule is C.C=CC(C)c1onc(-c2ccccc2)c1-c1ccccc1S(N)(=O)=O.NC(=O)S.NC(=O)S.O. The smallest absolute Gasteiger partial charge is 0.273 e. The summed E-state index contributed by atoms with van der Waals surface area (Å²) in [6.07, 6.45) is 1.72. The fourth-order valence-corrected chi connectivity index (χ4v) is 3.44. The van der Waals surface area contributed by atoms with Crippen molar-refractivity contribution in [3.8, 4) is 22.4 Å². The Morgan fingerprint density at radius 2 is 1.49 bits per heavy atom. The fourth-order valence-electron chi connectivity index (χ4n) is 2.70. The monoisotopic (exact) mass is 542 g/mol. The number of hydrogen-bond acceptors (Lipinski definition) is 6. The molecule has 192 valence electrons. The molecule has 0 fully saturated rings. The third-order valence-electron chi connectivity index (χ3n) is 4.00. The largest absolute Gasteiger partial charge is 0.412 e. The fraction of sp³-hybridized carbons (Fsp3) is 0.136. The van der Waals surface area contributed by atoms with E-state index in [1.807, 2.05) is 37.3 Å². The molecule has 3 rings (SSSR count). The maximum absolute atomic E-state index is 12.1. The topological polar surface area (TPSA) is 204 Å². The normalized spacial score (nSPS) is 10.5. The molecule has 0 aliphatic carbocycles. The first-order chi connectivity index (χ1) is 15.4. The highest BCUT2D eigenvalue weighted by Gasteiger charge is 2.26. The van der Waals surface area contributed by atoms with Gasteiger partial charge in [-0.2, -0.15) is 0 Å². The number of allylic oxidation sites excluding steroid dienone is 1. The van der Waals surface area contributed by atoms with E-state index in [9.17, 15) is 8.42 Å². The molecule has 0 saturated heterocycles. The summed E-state index contributed by atoms with van der Waals surface area (Å²) in [5.74, 6) is 0.401. The number of rotatable bonds is 5. The Bertz CT molecular complexity index is 1190. The number of aromatic nitrogens is 1. The van der Waals surface area contributed by atoms with Gasteiger partial charge in [0.05, 0.1) is 10.5 Å². The predicted molar refractivity (Wildman–Crippen MR) is 145 cm³/mol. The van der Waals surface area contributed by atoms with Crippen LogP contribution in [0, 0.1) is 0 Å². The highest BCUT2D eigenvalue weighted by atomic mass is 32.2. The molecule has 2 aromatic carbocycles. The number of primary amides is 2. The van der Waals surface area contributed by atoms with Crippen LogP contribution in [0.1, 0.15) is 26.0 Å². The Morgan fingerprint density at radius 3 is 1.94 bits per heavy atom. The van der Waals surface area contributed by atoms with Crippen LogP contribution in [-0.2, 0) is 10.0 Å². The van der Waals surface area contributed by atoms with Gasteiger partial charge in [-0.05, 0) is 6.07 Å². The molecule has 0 radical (unpaired) electrons. The highest BCUT2D eigenvalue weighted by molar-refractivity contribution is 7.96. The number of hydrogen-bond donors (Lipinski definition) is 5. The number of thiol groups is 2. The first-order valence-electron chi connectivity index (χ1n) is 9.16. The van der Waals surface area contributed by atoms with E-state index < -0.39 is 20.5 Å². The summed E-state index contributed by atoms with van der Waals surface area (Å²) in [6.45, 7) is 5.70. The quantitative estimate of drug-likeness (QED) is 0.240. The van der Waals surface area contributed by atoms with E-state index >= 15 is 0 Å². The van der Waals surface area contributed by atoms with Crippen LogP contribution in [0.2, 0.25) is 0 Å². The number of amides is 2. The van der Waals surface area contributed by atoms with Crippen molar-refractivity contribution in [2.75, 3.05) is 0 Å². The zero-order chi connectivity index (χ0) is 25.2. The number of nitrogens with zero attached hydrogens (tertiary/aromatic N) is 1. The number of sulfonamides is 1. The van der Waals surface area contributed by atoms with E-state index in [0.717, 1.165) is 5.56 Å². The van der Waals surface area contributed by atoms with E-state index in [4.69, 9.17) is 19.3 Å². The molecule has 13 heteroatoms. The first-order valence-corrected chi connectivity index (χ1v) is 11.6. The Labute approximate surface area is 215 Å². The van der Waals surface area contributed by atoms with Crippen LogP contribution in [0.4, 0.5) is 9.59 Å². The van der Waals surface area contributed by atoms with Gasteiger partial charge < -0.3 is 21.5 Å². The van der Waals surface area contributed by atoms with Crippen molar-refractivity contribution >= 4 is 45.8 Å². The second kappa shape index (κ2) is 15.7. The van der Waals surface area contributed by atoms with E-state index in [1.165, 1.54) is 6.07 Å². The second-order valence-corrected chi connectivity index (χ2v) is 8.79. The first kappa shape index (κ1) is 34.1. The van der Waals surface area contributed by atoms with Crippen LogP contribution in [0.5, 0.6) is 0 Å². The molecule has 35 heavy (non-hydrogen) atoms. The molecule has 1 heterocycles. The van der Waals surface area contributed by atoms with Gasteiger partial charge in [0.2, 0.25) is 10.0 Å². The van der Waals surface area contributed by atoms with Gasteiger partial charge in [-0.3, -0.25) is 9.59 Å². The minimum atomic E-state index is -3.90. The molecule has 0 aliphatic heterocycles. The van der Waals surface area contributed by atoms with Crippen LogP contribution < -0.4 is 16.6 Å². The Hall–Kier alpha value is -3.10. The predicted octanol–water partition coefficient (Wildman–Crippen LogP) is 3.75. The van der Waals surface area contributed by atoms with Crippen LogP contribution in [0.3, 0.4) is 0 Å². The van der Waals surface area contributed by atoms with E-state index in [-0.39, 0.29) is 23.7 Å². The average Bonchev–Trinajstić information content (AvgIpc) is 3.17.